The van der Waals surface area contributed by atoms with Gasteiger partial charge in [-0.2, -0.15) is 0 Å². The van der Waals surface area contributed by atoms with Crippen molar-refractivity contribution >= 4 is 17.8 Å². The summed E-state index contributed by atoms with van der Waals surface area (Å²) < 4.78 is 11.5. The molecule has 0 saturated heterocycles. The lowest BCUT2D eigenvalue weighted by Gasteiger charge is -2.12. The maximum atomic E-state index is 11.9. The van der Waals surface area contributed by atoms with E-state index in [1.807, 2.05) is 30.3 Å². The molecular weight excluding hydrogens is 400 g/mol. The maximum absolute atomic E-state index is 11.9. The number of carboxylic acid groups (broad SMARTS) is 1. The molecule has 3 N–H and O–H groups in total. The van der Waals surface area contributed by atoms with Gasteiger partial charge in [0, 0.05) is 18.6 Å². The fraction of sp³-hybridized carbons (Fsp3) is 0.0870. The summed E-state index contributed by atoms with van der Waals surface area (Å²) in [6, 6.07) is 20.0. The monoisotopic (exact) mass is 420 g/mol. The quantitative estimate of drug-likeness (QED) is 0.504. The zero-order valence-corrected chi connectivity index (χ0v) is 16.6. The molecule has 0 radical (unpaired) electrons. The zero-order chi connectivity index (χ0) is 22.2. The summed E-state index contributed by atoms with van der Waals surface area (Å²) in [7, 11) is 0. The van der Waals surface area contributed by atoms with Crippen LogP contribution in [0.4, 0.5) is 0 Å². The fourth-order valence-electron chi connectivity index (χ4n) is 2.61. The number of carbonyl (C=O) groups is 3. The standard InChI is InChI=1S/C23H20N2O6/c1-15(26)24-25-22(27)17-7-9-19(10-8-17)31-21-12-18(23(28)29)11-20(13-21)30-14-16-5-3-2-4-6-16/h2-13H,14H2,1H3,(H,24,26)(H,25,27)(H,28,29). The highest BCUT2D eigenvalue weighted by molar-refractivity contribution is 5.95. The van der Waals surface area contributed by atoms with E-state index in [-0.39, 0.29) is 17.9 Å². The first-order valence-corrected chi connectivity index (χ1v) is 9.30. The third kappa shape index (κ3) is 6.33. The van der Waals surface area contributed by atoms with E-state index in [0.717, 1.165) is 5.56 Å². The van der Waals surface area contributed by atoms with Crippen LogP contribution in [0.25, 0.3) is 0 Å². The predicted molar refractivity (Wildman–Crippen MR) is 112 cm³/mol. The van der Waals surface area contributed by atoms with E-state index in [0.29, 0.717) is 17.1 Å². The molecule has 0 aliphatic rings. The van der Waals surface area contributed by atoms with Crippen molar-refractivity contribution in [3.8, 4) is 17.2 Å². The van der Waals surface area contributed by atoms with Gasteiger partial charge in [-0.05, 0) is 42.0 Å². The Morgan fingerprint density at radius 3 is 2.13 bits per heavy atom. The topological polar surface area (TPSA) is 114 Å². The summed E-state index contributed by atoms with van der Waals surface area (Å²) in [4.78, 5) is 34.3. The number of benzene rings is 3. The minimum atomic E-state index is -1.11. The van der Waals surface area contributed by atoms with E-state index < -0.39 is 17.8 Å². The van der Waals surface area contributed by atoms with E-state index in [2.05, 4.69) is 10.9 Å². The number of nitrogens with one attached hydrogen (secondary N) is 2. The normalized spacial score (nSPS) is 10.1. The SMILES string of the molecule is CC(=O)NNC(=O)c1ccc(Oc2cc(OCc3ccccc3)cc(C(=O)O)c2)cc1. The minimum absolute atomic E-state index is 0.0202. The highest BCUT2D eigenvalue weighted by Gasteiger charge is 2.11. The molecule has 3 aromatic carbocycles. The maximum Gasteiger partial charge on any atom is 0.335 e. The second-order valence-electron chi connectivity index (χ2n) is 6.53. The van der Waals surface area contributed by atoms with Crippen molar-refractivity contribution < 1.29 is 29.0 Å². The van der Waals surface area contributed by atoms with Crippen LogP contribution in [-0.2, 0) is 11.4 Å². The molecular formula is C23H20N2O6. The average Bonchev–Trinajstić information content (AvgIpc) is 2.77. The lowest BCUT2D eigenvalue weighted by molar-refractivity contribution is -0.119. The van der Waals surface area contributed by atoms with E-state index in [1.165, 1.54) is 31.2 Å². The minimum Gasteiger partial charge on any atom is -0.489 e. The number of carboxylic acids is 1. The van der Waals surface area contributed by atoms with Crippen LogP contribution in [0.2, 0.25) is 0 Å². The number of ether oxygens (including phenoxy) is 2. The Bertz CT molecular complexity index is 1080. The molecule has 8 nitrogen and oxygen atoms in total. The molecule has 31 heavy (non-hydrogen) atoms. The van der Waals surface area contributed by atoms with Crippen molar-refractivity contribution in [2.24, 2.45) is 0 Å². The van der Waals surface area contributed by atoms with E-state index in [4.69, 9.17) is 9.47 Å². The summed E-state index contributed by atoms with van der Waals surface area (Å²) in [6.45, 7) is 1.56. The van der Waals surface area contributed by atoms with Gasteiger partial charge in [-0.15, -0.1) is 0 Å². The van der Waals surface area contributed by atoms with Crippen molar-refractivity contribution in [1.82, 2.24) is 10.9 Å². The van der Waals surface area contributed by atoms with Gasteiger partial charge in [-0.1, -0.05) is 30.3 Å². The molecule has 0 atom stereocenters. The number of rotatable bonds is 7. The van der Waals surface area contributed by atoms with Crippen molar-refractivity contribution in [2.45, 2.75) is 13.5 Å². The van der Waals surface area contributed by atoms with E-state index >= 15 is 0 Å². The van der Waals surface area contributed by atoms with E-state index in [9.17, 15) is 19.5 Å². The molecule has 3 rings (SSSR count). The second-order valence-corrected chi connectivity index (χ2v) is 6.53. The Morgan fingerprint density at radius 2 is 1.48 bits per heavy atom. The first kappa shape index (κ1) is 21.4. The highest BCUT2D eigenvalue weighted by atomic mass is 16.5. The van der Waals surface area contributed by atoms with E-state index in [1.54, 1.807) is 18.2 Å². The van der Waals surface area contributed by atoms with Gasteiger partial charge >= 0.3 is 5.97 Å². The molecule has 0 fully saturated rings. The molecule has 0 bridgehead atoms. The number of aromatic carboxylic acids is 1. The predicted octanol–water partition coefficient (Wildman–Crippen LogP) is 3.54. The molecule has 0 spiro atoms. The highest BCUT2D eigenvalue weighted by Crippen LogP contribution is 2.28. The molecule has 0 heterocycles. The Kier molecular flexibility index (Phi) is 6.85. The van der Waals surface area contributed by atoms with Crippen LogP contribution in [0.15, 0.2) is 72.8 Å². The molecule has 0 aliphatic carbocycles. The zero-order valence-electron chi connectivity index (χ0n) is 16.6. The number of carbonyl (C=O) groups excluding carboxylic acids is 2. The second kappa shape index (κ2) is 9.93. The first-order chi connectivity index (χ1) is 14.9. The van der Waals surface area contributed by atoms with Crippen molar-refractivity contribution in [1.29, 1.82) is 0 Å². The molecule has 0 aliphatic heterocycles. The Balaban J connectivity index is 1.72. The van der Waals surface area contributed by atoms with Gasteiger partial charge in [-0.3, -0.25) is 20.4 Å². The van der Waals surface area contributed by atoms with Gasteiger partial charge in [0.15, 0.2) is 0 Å². The fourth-order valence-corrected chi connectivity index (χ4v) is 2.61. The third-order valence-electron chi connectivity index (χ3n) is 4.08. The van der Waals surface area contributed by atoms with Gasteiger partial charge in [0.2, 0.25) is 5.91 Å². The summed E-state index contributed by atoms with van der Waals surface area (Å²) in [5.74, 6) is -0.959. The number of amides is 2. The Morgan fingerprint density at radius 1 is 0.806 bits per heavy atom. The van der Waals surface area contributed by atoms with Crippen LogP contribution in [-0.4, -0.2) is 22.9 Å². The smallest absolute Gasteiger partial charge is 0.335 e. The lowest BCUT2D eigenvalue weighted by Crippen LogP contribution is -2.40. The van der Waals surface area contributed by atoms with Crippen LogP contribution >= 0.6 is 0 Å². The van der Waals surface area contributed by atoms with Crippen LogP contribution in [0.3, 0.4) is 0 Å². The third-order valence-corrected chi connectivity index (χ3v) is 4.08. The van der Waals surface area contributed by atoms with Crippen molar-refractivity contribution in [3.63, 3.8) is 0 Å². The molecule has 158 valence electrons. The number of hydrogen-bond acceptors (Lipinski definition) is 5. The van der Waals surface area contributed by atoms with Crippen LogP contribution in [0, 0.1) is 0 Å². The van der Waals surface area contributed by atoms with Crippen molar-refractivity contribution in [3.05, 3.63) is 89.5 Å². The van der Waals surface area contributed by atoms with Gasteiger partial charge in [0.1, 0.15) is 23.9 Å². The van der Waals surface area contributed by atoms with Crippen LogP contribution in [0.5, 0.6) is 17.2 Å². The summed E-state index contributed by atoms with van der Waals surface area (Å²) in [6.07, 6.45) is 0. The van der Waals surface area contributed by atoms with Gasteiger partial charge in [0.25, 0.3) is 5.91 Å². The first-order valence-electron chi connectivity index (χ1n) is 9.30. The van der Waals surface area contributed by atoms with Crippen LogP contribution < -0.4 is 20.3 Å². The summed E-state index contributed by atoms with van der Waals surface area (Å²) in [5.41, 5.74) is 5.74. The Labute approximate surface area is 178 Å². The van der Waals surface area contributed by atoms with Gasteiger partial charge in [-0.25, -0.2) is 4.79 Å². The van der Waals surface area contributed by atoms with Gasteiger partial charge in [0.05, 0.1) is 5.56 Å². The summed E-state index contributed by atoms with van der Waals surface area (Å²) >= 11 is 0. The molecule has 0 saturated carbocycles. The number of hydrogen-bond donors (Lipinski definition) is 3. The molecule has 0 unspecified atom stereocenters. The van der Waals surface area contributed by atoms with Crippen molar-refractivity contribution in [2.75, 3.05) is 0 Å². The molecule has 8 heteroatoms. The average molecular weight is 420 g/mol. The molecule has 0 aromatic heterocycles. The number of hydrazine groups is 1. The Hall–Kier alpha value is -4.33. The van der Waals surface area contributed by atoms with Crippen LogP contribution in [0.1, 0.15) is 33.2 Å². The lowest BCUT2D eigenvalue weighted by atomic mass is 10.2. The molecule has 2 amide bonds. The van der Waals surface area contributed by atoms with Gasteiger partial charge < -0.3 is 14.6 Å². The molecule has 3 aromatic rings. The largest absolute Gasteiger partial charge is 0.489 e. The summed E-state index contributed by atoms with van der Waals surface area (Å²) in [5, 5.41) is 9.39.